The third kappa shape index (κ3) is 2.57. The fourth-order valence-electron chi connectivity index (χ4n) is 2.56. The summed E-state index contributed by atoms with van der Waals surface area (Å²) in [5.74, 6) is 0. The number of benzene rings is 1. The summed E-state index contributed by atoms with van der Waals surface area (Å²) in [6.07, 6.45) is 1.33. The number of aliphatic hydroxyl groups is 1. The van der Waals surface area contributed by atoms with Crippen molar-refractivity contribution in [2.24, 2.45) is 0 Å². The van der Waals surface area contributed by atoms with Crippen molar-refractivity contribution in [2.75, 3.05) is 18.5 Å². The Morgan fingerprint density at radius 2 is 2.26 bits per heavy atom. The Kier molecular flexibility index (Phi) is 3.65. The molecule has 3 rings (SSSR count). The molecule has 100 valence electrons. The number of hydrogen-bond acceptors (Lipinski definition) is 3. The SMILES string of the molecule is CN1CCc2cc(C(O)Cc3sccc3Br)ccc21. The van der Waals surface area contributed by atoms with E-state index in [0.717, 1.165) is 23.0 Å². The molecule has 2 heterocycles. The van der Waals surface area contributed by atoms with Gasteiger partial charge < -0.3 is 10.0 Å². The first-order chi connectivity index (χ1) is 9.15. The highest BCUT2D eigenvalue weighted by Gasteiger charge is 2.18. The van der Waals surface area contributed by atoms with Gasteiger partial charge in [0.1, 0.15) is 0 Å². The fraction of sp³-hybridized carbons (Fsp3) is 0.333. The largest absolute Gasteiger partial charge is 0.388 e. The molecule has 0 saturated carbocycles. The third-order valence-electron chi connectivity index (χ3n) is 3.69. The van der Waals surface area contributed by atoms with Crippen LogP contribution in [0.15, 0.2) is 34.1 Å². The van der Waals surface area contributed by atoms with Crippen LogP contribution in [0.2, 0.25) is 0 Å². The molecule has 1 aromatic heterocycles. The molecule has 1 aliphatic heterocycles. The summed E-state index contributed by atoms with van der Waals surface area (Å²) in [6.45, 7) is 1.07. The van der Waals surface area contributed by atoms with Gasteiger partial charge in [0.05, 0.1) is 6.10 Å². The van der Waals surface area contributed by atoms with Crippen LogP contribution in [0, 0.1) is 0 Å². The average molecular weight is 338 g/mol. The molecule has 1 unspecified atom stereocenters. The number of rotatable bonds is 3. The van der Waals surface area contributed by atoms with E-state index in [-0.39, 0.29) is 0 Å². The van der Waals surface area contributed by atoms with Crippen LogP contribution in [0.5, 0.6) is 0 Å². The second-order valence-electron chi connectivity index (χ2n) is 4.97. The van der Waals surface area contributed by atoms with Gasteiger partial charge in [-0.2, -0.15) is 0 Å². The zero-order valence-corrected chi connectivity index (χ0v) is 13.2. The molecule has 19 heavy (non-hydrogen) atoms. The molecule has 0 radical (unpaired) electrons. The highest BCUT2D eigenvalue weighted by atomic mass is 79.9. The molecule has 2 aromatic rings. The first-order valence-electron chi connectivity index (χ1n) is 6.39. The normalized spacial score (nSPS) is 15.6. The third-order valence-corrected chi connectivity index (χ3v) is 5.63. The molecule has 0 bridgehead atoms. The standard InChI is InChI=1S/C15H16BrNOS/c1-17-6-4-10-8-11(2-3-13(10)17)14(18)9-15-12(16)5-7-19-15/h2-3,5,7-8,14,18H,4,6,9H2,1H3. The zero-order chi connectivity index (χ0) is 13.4. The molecule has 4 heteroatoms. The maximum absolute atomic E-state index is 10.4. The summed E-state index contributed by atoms with van der Waals surface area (Å²) in [7, 11) is 2.12. The number of aliphatic hydroxyl groups excluding tert-OH is 1. The van der Waals surface area contributed by atoms with Gasteiger partial charge in [0.2, 0.25) is 0 Å². The van der Waals surface area contributed by atoms with Crippen LogP contribution in [-0.2, 0) is 12.8 Å². The van der Waals surface area contributed by atoms with Gasteiger partial charge in [-0.25, -0.2) is 0 Å². The predicted molar refractivity (Wildman–Crippen MR) is 84.1 cm³/mol. The number of thiophene rings is 1. The van der Waals surface area contributed by atoms with E-state index >= 15 is 0 Å². The molecule has 0 fully saturated rings. The highest BCUT2D eigenvalue weighted by molar-refractivity contribution is 9.10. The number of nitrogens with zero attached hydrogens (tertiary/aromatic N) is 1. The lowest BCUT2D eigenvalue weighted by Crippen LogP contribution is -2.12. The predicted octanol–water partition coefficient (Wildman–Crippen LogP) is 3.78. The van der Waals surface area contributed by atoms with Crippen LogP contribution in [0.3, 0.4) is 0 Å². The van der Waals surface area contributed by atoms with Crippen LogP contribution in [0.4, 0.5) is 5.69 Å². The Morgan fingerprint density at radius 3 is 3.00 bits per heavy atom. The van der Waals surface area contributed by atoms with Gasteiger partial charge in [-0.15, -0.1) is 11.3 Å². The summed E-state index contributed by atoms with van der Waals surface area (Å²) in [6, 6.07) is 8.37. The minimum absolute atomic E-state index is 0.425. The van der Waals surface area contributed by atoms with Gasteiger partial charge in [0.15, 0.2) is 0 Å². The summed E-state index contributed by atoms with van der Waals surface area (Å²) in [5.41, 5.74) is 3.67. The van der Waals surface area contributed by atoms with E-state index in [0.29, 0.717) is 6.42 Å². The second-order valence-corrected chi connectivity index (χ2v) is 6.83. The second kappa shape index (κ2) is 5.27. The molecule has 1 aromatic carbocycles. The van der Waals surface area contributed by atoms with E-state index in [1.807, 2.05) is 17.5 Å². The molecule has 1 atom stereocenters. The fourth-order valence-corrected chi connectivity index (χ4v) is 4.11. The number of halogens is 1. The lowest BCUT2D eigenvalue weighted by atomic mass is 10.0. The Labute approximate surface area is 125 Å². The van der Waals surface area contributed by atoms with Gasteiger partial charge in [-0.3, -0.25) is 0 Å². The van der Waals surface area contributed by atoms with Gasteiger partial charge >= 0.3 is 0 Å². The molecule has 0 saturated heterocycles. The van der Waals surface area contributed by atoms with Gasteiger partial charge in [-0.1, -0.05) is 12.1 Å². The summed E-state index contributed by atoms with van der Waals surface area (Å²) in [4.78, 5) is 3.46. The smallest absolute Gasteiger partial charge is 0.0838 e. The first kappa shape index (κ1) is 13.2. The van der Waals surface area contributed by atoms with Crippen LogP contribution in [0.25, 0.3) is 0 Å². The van der Waals surface area contributed by atoms with Crippen LogP contribution in [0.1, 0.15) is 22.1 Å². The lowest BCUT2D eigenvalue weighted by molar-refractivity contribution is 0.179. The van der Waals surface area contributed by atoms with E-state index in [1.54, 1.807) is 11.3 Å². The van der Waals surface area contributed by atoms with E-state index in [4.69, 9.17) is 0 Å². The monoisotopic (exact) mass is 337 g/mol. The van der Waals surface area contributed by atoms with Crippen molar-refractivity contribution in [3.8, 4) is 0 Å². The topological polar surface area (TPSA) is 23.5 Å². The number of likely N-dealkylation sites (N-methyl/N-ethyl adjacent to an activating group) is 1. The van der Waals surface area contributed by atoms with E-state index in [2.05, 4.69) is 40.0 Å². The van der Waals surface area contributed by atoms with Crippen molar-refractivity contribution >= 4 is 33.0 Å². The zero-order valence-electron chi connectivity index (χ0n) is 10.8. The van der Waals surface area contributed by atoms with E-state index < -0.39 is 6.10 Å². The molecular formula is C15H16BrNOS. The summed E-state index contributed by atoms with van der Waals surface area (Å²) >= 11 is 5.20. The molecule has 0 aliphatic carbocycles. The maximum atomic E-state index is 10.4. The van der Waals surface area contributed by atoms with Crippen LogP contribution < -0.4 is 4.90 Å². The Balaban J connectivity index is 1.81. The van der Waals surface area contributed by atoms with Crippen LogP contribution in [-0.4, -0.2) is 18.7 Å². The Hall–Kier alpha value is -0.840. The summed E-state index contributed by atoms with van der Waals surface area (Å²) in [5, 5.41) is 12.4. The van der Waals surface area contributed by atoms with Gasteiger partial charge in [0.25, 0.3) is 0 Å². The number of anilines is 1. The quantitative estimate of drug-likeness (QED) is 0.921. The maximum Gasteiger partial charge on any atom is 0.0838 e. The minimum Gasteiger partial charge on any atom is -0.388 e. The molecule has 1 aliphatic rings. The van der Waals surface area contributed by atoms with Crippen molar-refractivity contribution in [1.82, 2.24) is 0 Å². The molecular weight excluding hydrogens is 322 g/mol. The lowest BCUT2D eigenvalue weighted by Gasteiger charge is -2.14. The molecule has 1 N–H and O–H groups in total. The van der Waals surface area contributed by atoms with Gasteiger partial charge in [0, 0.05) is 35.1 Å². The Bertz CT molecular complexity index is 596. The van der Waals surface area contributed by atoms with Crippen molar-refractivity contribution < 1.29 is 5.11 Å². The van der Waals surface area contributed by atoms with E-state index in [9.17, 15) is 5.11 Å². The molecule has 2 nitrogen and oxygen atoms in total. The first-order valence-corrected chi connectivity index (χ1v) is 8.06. The summed E-state index contributed by atoms with van der Waals surface area (Å²) < 4.78 is 1.09. The van der Waals surface area contributed by atoms with Crippen molar-refractivity contribution in [3.63, 3.8) is 0 Å². The van der Waals surface area contributed by atoms with Crippen LogP contribution >= 0.6 is 27.3 Å². The average Bonchev–Trinajstić information content (AvgIpc) is 2.97. The number of hydrogen-bond donors (Lipinski definition) is 1. The highest BCUT2D eigenvalue weighted by Crippen LogP contribution is 2.32. The minimum atomic E-state index is -0.425. The van der Waals surface area contributed by atoms with Crippen molar-refractivity contribution in [1.29, 1.82) is 0 Å². The molecule has 0 amide bonds. The van der Waals surface area contributed by atoms with E-state index in [1.165, 1.54) is 16.1 Å². The van der Waals surface area contributed by atoms with Crippen molar-refractivity contribution in [2.45, 2.75) is 18.9 Å². The Morgan fingerprint density at radius 1 is 1.42 bits per heavy atom. The number of fused-ring (bicyclic) bond motifs is 1. The van der Waals surface area contributed by atoms with Crippen molar-refractivity contribution in [3.05, 3.63) is 50.1 Å². The molecule has 0 spiro atoms. The van der Waals surface area contributed by atoms with Gasteiger partial charge in [-0.05, 0) is 51.0 Å².